The van der Waals surface area contributed by atoms with Gasteiger partial charge in [-0.3, -0.25) is 4.79 Å². The summed E-state index contributed by atoms with van der Waals surface area (Å²) >= 11 is 5.02. The molecule has 1 amide bonds. The zero-order valence-electron chi connectivity index (χ0n) is 15.1. The van der Waals surface area contributed by atoms with Crippen LogP contribution in [0, 0.1) is 13.8 Å². The number of aryl methyl sites for hydroxylation is 2. The van der Waals surface area contributed by atoms with Gasteiger partial charge in [0.15, 0.2) is 4.80 Å². The molecule has 0 bridgehead atoms. The molecule has 0 aliphatic carbocycles. The van der Waals surface area contributed by atoms with Gasteiger partial charge in [0, 0.05) is 18.1 Å². The van der Waals surface area contributed by atoms with Crippen LogP contribution in [0.3, 0.4) is 0 Å². The molecule has 0 spiro atoms. The molecule has 136 valence electrons. The lowest BCUT2D eigenvalue weighted by Gasteiger charge is -2.05. The Morgan fingerprint density at radius 2 is 2.00 bits per heavy atom. The maximum absolute atomic E-state index is 12.5. The molecule has 2 aromatic carbocycles. The predicted octanol–water partition coefficient (Wildman–Crippen LogP) is 4.40. The van der Waals surface area contributed by atoms with Crippen LogP contribution in [0.2, 0.25) is 0 Å². The average molecular weight is 433 g/mol. The highest BCUT2D eigenvalue weighted by Gasteiger charge is 2.09. The third kappa shape index (κ3) is 4.31. The summed E-state index contributed by atoms with van der Waals surface area (Å²) in [4.78, 5) is 17.6. The second-order valence-electron chi connectivity index (χ2n) is 6.24. The normalized spacial score (nSPS) is 12.1. The van der Waals surface area contributed by atoms with Crippen molar-refractivity contribution >= 4 is 43.4 Å². The molecule has 26 heavy (non-hydrogen) atoms. The average Bonchev–Trinajstić information content (AvgIpc) is 2.92. The summed E-state index contributed by atoms with van der Waals surface area (Å²) in [5.74, 6) is -0.134. The summed E-state index contributed by atoms with van der Waals surface area (Å²) in [6.07, 6.45) is 0.309. The second kappa shape index (κ2) is 8.29. The van der Waals surface area contributed by atoms with E-state index in [1.165, 1.54) is 22.5 Å². The Balaban J connectivity index is 1.96. The maximum atomic E-state index is 12.5. The summed E-state index contributed by atoms with van der Waals surface area (Å²) in [6.45, 7) is 5.36. The van der Waals surface area contributed by atoms with Crippen LogP contribution >= 0.6 is 27.3 Å². The molecule has 0 unspecified atom stereocenters. The fourth-order valence-corrected chi connectivity index (χ4v) is 4.39. The van der Waals surface area contributed by atoms with Gasteiger partial charge in [0.25, 0.3) is 5.91 Å². The van der Waals surface area contributed by atoms with Gasteiger partial charge >= 0.3 is 0 Å². The van der Waals surface area contributed by atoms with Crippen molar-refractivity contribution in [3.05, 3.63) is 62.4 Å². The van der Waals surface area contributed by atoms with E-state index in [-0.39, 0.29) is 5.91 Å². The van der Waals surface area contributed by atoms with Gasteiger partial charge in [-0.1, -0.05) is 45.5 Å². The molecule has 0 saturated carbocycles. The fourth-order valence-electron chi connectivity index (χ4n) is 2.77. The number of amides is 1. The molecule has 0 aliphatic heterocycles. The third-order valence-corrected chi connectivity index (χ3v) is 5.85. The Morgan fingerprint density at radius 1 is 1.19 bits per heavy atom. The molecule has 0 fully saturated rings. The van der Waals surface area contributed by atoms with E-state index in [1.54, 1.807) is 7.11 Å². The number of methoxy groups -OCH3 is 1. The number of carbonyl (C=O) groups is 1. The van der Waals surface area contributed by atoms with Crippen LogP contribution in [0.25, 0.3) is 10.2 Å². The number of halogens is 1. The number of nitrogens with zero attached hydrogens (tertiary/aromatic N) is 2. The first-order valence-corrected chi connectivity index (χ1v) is 10.0. The Hall–Kier alpha value is -1.76. The molecule has 3 aromatic rings. The monoisotopic (exact) mass is 432 g/mol. The van der Waals surface area contributed by atoms with Crippen molar-refractivity contribution in [1.82, 2.24) is 4.57 Å². The third-order valence-electron chi connectivity index (χ3n) is 4.31. The van der Waals surface area contributed by atoms with Crippen molar-refractivity contribution in [3.63, 3.8) is 0 Å². The van der Waals surface area contributed by atoms with Gasteiger partial charge in [-0.05, 0) is 48.7 Å². The Bertz CT molecular complexity index is 1020. The highest BCUT2D eigenvalue weighted by molar-refractivity contribution is 9.10. The van der Waals surface area contributed by atoms with Gasteiger partial charge in [-0.25, -0.2) is 0 Å². The summed E-state index contributed by atoms with van der Waals surface area (Å²) in [7, 11) is 1.67. The van der Waals surface area contributed by atoms with E-state index in [0.717, 1.165) is 20.3 Å². The molecule has 1 heterocycles. The van der Waals surface area contributed by atoms with Crippen molar-refractivity contribution in [2.45, 2.75) is 26.8 Å². The number of hydrogen-bond acceptors (Lipinski definition) is 3. The molecule has 0 N–H and O–H groups in total. The van der Waals surface area contributed by atoms with Crippen LogP contribution < -0.4 is 4.80 Å². The van der Waals surface area contributed by atoms with E-state index in [1.807, 2.05) is 28.8 Å². The number of ether oxygens (including phenoxy) is 1. The number of thiazole rings is 1. The summed E-state index contributed by atoms with van der Waals surface area (Å²) in [5.41, 5.74) is 4.48. The summed E-state index contributed by atoms with van der Waals surface area (Å²) in [5, 5.41) is 0. The largest absolute Gasteiger partial charge is 0.383 e. The van der Waals surface area contributed by atoms with Gasteiger partial charge in [0.2, 0.25) is 0 Å². The lowest BCUT2D eigenvalue weighted by atomic mass is 10.0. The minimum atomic E-state index is -0.134. The van der Waals surface area contributed by atoms with Crippen molar-refractivity contribution < 1.29 is 9.53 Å². The zero-order chi connectivity index (χ0) is 18.7. The predicted molar refractivity (Wildman–Crippen MR) is 110 cm³/mol. The Labute approximate surface area is 165 Å². The Kier molecular flexibility index (Phi) is 6.06. The standard InChI is InChI=1S/C20H21BrN2O2S/c1-13-4-5-15(10-14(13)2)11-19(24)22-20-23(8-9-25-3)17-7-6-16(21)12-18(17)26-20/h4-7,10,12H,8-9,11H2,1-3H3. The Morgan fingerprint density at radius 3 is 2.73 bits per heavy atom. The molecule has 1 aromatic heterocycles. The van der Waals surface area contributed by atoms with E-state index < -0.39 is 0 Å². The minimum Gasteiger partial charge on any atom is -0.383 e. The van der Waals surface area contributed by atoms with Crippen LogP contribution in [0.15, 0.2) is 45.9 Å². The van der Waals surface area contributed by atoms with E-state index >= 15 is 0 Å². The maximum Gasteiger partial charge on any atom is 0.252 e. The van der Waals surface area contributed by atoms with Crippen LogP contribution in [-0.4, -0.2) is 24.2 Å². The molecular weight excluding hydrogens is 412 g/mol. The molecular formula is C20H21BrN2O2S. The van der Waals surface area contributed by atoms with Gasteiger partial charge in [0.1, 0.15) is 0 Å². The first-order chi connectivity index (χ1) is 12.5. The molecule has 3 rings (SSSR count). The van der Waals surface area contributed by atoms with E-state index in [2.05, 4.69) is 46.9 Å². The van der Waals surface area contributed by atoms with Gasteiger partial charge < -0.3 is 9.30 Å². The van der Waals surface area contributed by atoms with Crippen LogP contribution in [0.4, 0.5) is 0 Å². The van der Waals surface area contributed by atoms with Gasteiger partial charge in [-0.15, -0.1) is 0 Å². The number of aromatic nitrogens is 1. The van der Waals surface area contributed by atoms with Crippen molar-refractivity contribution in [3.8, 4) is 0 Å². The second-order valence-corrected chi connectivity index (χ2v) is 8.17. The fraction of sp³-hybridized carbons (Fsp3) is 0.300. The minimum absolute atomic E-state index is 0.134. The van der Waals surface area contributed by atoms with Gasteiger partial charge in [0.05, 0.1) is 23.2 Å². The lowest BCUT2D eigenvalue weighted by Crippen LogP contribution is -2.19. The quantitative estimate of drug-likeness (QED) is 0.599. The zero-order valence-corrected chi connectivity index (χ0v) is 17.5. The van der Waals surface area contributed by atoms with E-state index in [4.69, 9.17) is 4.74 Å². The molecule has 0 atom stereocenters. The number of hydrogen-bond donors (Lipinski definition) is 0. The summed E-state index contributed by atoms with van der Waals surface area (Å²) in [6, 6.07) is 12.2. The first-order valence-electron chi connectivity index (χ1n) is 8.39. The van der Waals surface area contributed by atoms with Crippen LogP contribution in [0.1, 0.15) is 16.7 Å². The number of fused-ring (bicyclic) bond motifs is 1. The molecule has 0 aliphatic rings. The smallest absolute Gasteiger partial charge is 0.252 e. The topological polar surface area (TPSA) is 43.6 Å². The van der Waals surface area contributed by atoms with Gasteiger partial charge in [-0.2, -0.15) is 4.99 Å². The lowest BCUT2D eigenvalue weighted by molar-refractivity contribution is -0.117. The van der Waals surface area contributed by atoms with E-state index in [0.29, 0.717) is 24.4 Å². The van der Waals surface area contributed by atoms with Crippen molar-refractivity contribution in [2.24, 2.45) is 4.99 Å². The number of carbonyl (C=O) groups excluding carboxylic acids is 1. The van der Waals surface area contributed by atoms with E-state index in [9.17, 15) is 4.79 Å². The molecule has 6 heteroatoms. The highest BCUT2D eigenvalue weighted by atomic mass is 79.9. The molecule has 0 radical (unpaired) electrons. The first kappa shape index (κ1) is 19.0. The highest BCUT2D eigenvalue weighted by Crippen LogP contribution is 2.22. The molecule has 4 nitrogen and oxygen atoms in total. The SMILES string of the molecule is COCCn1c(=NC(=O)Cc2ccc(C)c(C)c2)sc2cc(Br)ccc21. The van der Waals surface area contributed by atoms with Crippen molar-refractivity contribution in [2.75, 3.05) is 13.7 Å². The summed E-state index contributed by atoms with van der Waals surface area (Å²) < 4.78 is 9.37. The number of rotatable bonds is 5. The van der Waals surface area contributed by atoms with Crippen LogP contribution in [-0.2, 0) is 22.5 Å². The number of benzene rings is 2. The van der Waals surface area contributed by atoms with Crippen LogP contribution in [0.5, 0.6) is 0 Å². The molecule has 0 saturated heterocycles. The van der Waals surface area contributed by atoms with Crippen molar-refractivity contribution in [1.29, 1.82) is 0 Å².